The number of carbonyl (C=O) groups is 4. The number of benzene rings is 3. The van der Waals surface area contributed by atoms with Crippen LogP contribution in [0, 0.1) is 0 Å². The predicted octanol–water partition coefficient (Wildman–Crippen LogP) is 16.0. The van der Waals surface area contributed by atoms with E-state index in [0.717, 1.165) is 55.2 Å². The monoisotopic (exact) mass is 1240 g/mol. The van der Waals surface area contributed by atoms with Gasteiger partial charge in [-0.1, -0.05) is 285 Å². The maximum atomic E-state index is 13.7. The lowest BCUT2D eigenvalue weighted by molar-refractivity contribution is -0.317. The Hall–Kier alpha value is -4.91. The molecule has 16 nitrogen and oxygen atoms in total. The van der Waals surface area contributed by atoms with Crippen molar-refractivity contribution in [3.8, 4) is 0 Å². The van der Waals surface area contributed by atoms with Gasteiger partial charge in [0.15, 0.2) is 18.5 Å². The zero-order valence-electron chi connectivity index (χ0n) is 53.0. The standard InChI is InChI=1S/C70H109NO15S/c1-3-5-7-9-11-13-15-17-19-21-23-25-27-29-40-48-63(72)79-55-61(84-64(73)49-41-30-28-26-24-22-20-18-16-14-12-10-8-6-4-2)56-82-69-68(81-53-59-44-36-32-37-45-59)67(80-52-58-42-34-31-35-43-58)66(62(85-69)57-87(76,77)78)86-65(74)50-51-71-70(75)83-54-60-46-38-33-39-47-60/h31-39,42-47,61-62,66-69H,3-30,40-41,48-57H2,1-2H3,(H,71,75)(H,76,77,78)/t61?,62-,66-,67+,68-,69-/m1/s1. The average molecular weight is 1240 g/mol. The fraction of sp³-hybridized carbons (Fsp3) is 0.686. The highest BCUT2D eigenvalue weighted by atomic mass is 32.2. The molecule has 0 bridgehead atoms. The van der Waals surface area contributed by atoms with Crippen LogP contribution < -0.4 is 5.32 Å². The van der Waals surface area contributed by atoms with Crippen LogP contribution in [-0.4, -0.2) is 99.3 Å². The van der Waals surface area contributed by atoms with Gasteiger partial charge in [-0.25, -0.2) is 4.79 Å². The van der Waals surface area contributed by atoms with E-state index in [1.165, 1.54) is 141 Å². The van der Waals surface area contributed by atoms with E-state index < -0.39 is 76.7 Å². The highest BCUT2D eigenvalue weighted by molar-refractivity contribution is 7.85. The first kappa shape index (κ1) is 74.6. The number of ether oxygens (including phenoxy) is 8. The number of unbranched alkanes of at least 4 members (excludes halogenated alkanes) is 28. The van der Waals surface area contributed by atoms with E-state index in [-0.39, 0.29) is 58.8 Å². The molecular formula is C70H109NO15S. The number of carbonyl (C=O) groups excluding carboxylic acids is 4. The Morgan fingerprint density at radius 3 is 1.30 bits per heavy atom. The Balaban J connectivity index is 1.43. The van der Waals surface area contributed by atoms with Gasteiger partial charge in [-0.15, -0.1) is 0 Å². The number of nitrogens with one attached hydrogen (secondary N) is 1. The van der Waals surface area contributed by atoms with Gasteiger partial charge >= 0.3 is 24.0 Å². The van der Waals surface area contributed by atoms with Gasteiger partial charge < -0.3 is 43.2 Å². The Morgan fingerprint density at radius 1 is 0.460 bits per heavy atom. The topological polar surface area (TPSA) is 209 Å². The lowest BCUT2D eigenvalue weighted by atomic mass is 9.98. The average Bonchev–Trinajstić information content (AvgIpc) is 1.16. The molecular weight excluding hydrogens is 1130 g/mol. The SMILES string of the molecule is CCCCCCCCCCCCCCCCCC(=O)OCC(CO[C@@H]1O[C@H](CS(=O)(=O)O)[C@@H](OC(=O)CCNC(=O)OCc2ccccc2)[C@H](OCc2ccccc2)[C@H]1OCc1ccccc1)OC(=O)CCCCCCCCCCCCCCCCC. The lowest BCUT2D eigenvalue weighted by Crippen LogP contribution is -2.62. The third-order valence-corrected chi connectivity index (χ3v) is 16.5. The minimum Gasteiger partial charge on any atom is -0.462 e. The summed E-state index contributed by atoms with van der Waals surface area (Å²) in [5.74, 6) is -2.82. The number of esters is 3. The quantitative estimate of drug-likeness (QED) is 0.0233. The molecule has 1 saturated heterocycles. The molecule has 1 heterocycles. The minimum atomic E-state index is -4.82. The van der Waals surface area contributed by atoms with Gasteiger partial charge in [0.2, 0.25) is 0 Å². The van der Waals surface area contributed by atoms with Crippen molar-refractivity contribution in [2.45, 2.75) is 282 Å². The highest BCUT2D eigenvalue weighted by Crippen LogP contribution is 2.32. The number of rotatable bonds is 52. The molecule has 490 valence electrons. The first-order chi connectivity index (χ1) is 42.4. The van der Waals surface area contributed by atoms with E-state index in [2.05, 4.69) is 19.2 Å². The summed E-state index contributed by atoms with van der Waals surface area (Å²) in [5.41, 5.74) is 2.25. The molecule has 1 amide bonds. The number of hydrogen-bond donors (Lipinski definition) is 2. The number of amides is 1. The zero-order valence-corrected chi connectivity index (χ0v) is 53.8. The summed E-state index contributed by atoms with van der Waals surface area (Å²) in [5, 5.41) is 2.53. The normalized spacial score (nSPS) is 17.1. The third kappa shape index (κ3) is 37.0. The molecule has 1 aliphatic rings. The van der Waals surface area contributed by atoms with Gasteiger partial charge in [-0.05, 0) is 29.5 Å². The molecule has 6 atom stereocenters. The molecule has 0 aromatic heterocycles. The van der Waals surface area contributed by atoms with Gasteiger partial charge in [0.05, 0.1) is 26.2 Å². The molecule has 1 unspecified atom stereocenters. The van der Waals surface area contributed by atoms with Gasteiger partial charge in [0.1, 0.15) is 37.3 Å². The third-order valence-electron chi connectivity index (χ3n) is 15.8. The van der Waals surface area contributed by atoms with Gasteiger partial charge in [-0.2, -0.15) is 8.42 Å². The van der Waals surface area contributed by atoms with Crippen molar-refractivity contribution in [3.63, 3.8) is 0 Å². The van der Waals surface area contributed by atoms with Crippen LogP contribution in [0.15, 0.2) is 91.0 Å². The predicted molar refractivity (Wildman–Crippen MR) is 340 cm³/mol. The van der Waals surface area contributed by atoms with Gasteiger partial charge in [-0.3, -0.25) is 18.9 Å². The van der Waals surface area contributed by atoms with Crippen LogP contribution in [0.25, 0.3) is 0 Å². The molecule has 0 aliphatic carbocycles. The molecule has 17 heteroatoms. The summed E-state index contributed by atoms with van der Waals surface area (Å²) in [4.78, 5) is 53.2. The molecule has 0 saturated carbocycles. The largest absolute Gasteiger partial charge is 0.462 e. The summed E-state index contributed by atoms with van der Waals surface area (Å²) in [6, 6.07) is 27.4. The van der Waals surface area contributed by atoms with Crippen LogP contribution in [0.1, 0.15) is 242 Å². The van der Waals surface area contributed by atoms with E-state index in [0.29, 0.717) is 12.8 Å². The van der Waals surface area contributed by atoms with Crippen molar-refractivity contribution >= 4 is 34.1 Å². The van der Waals surface area contributed by atoms with E-state index >= 15 is 0 Å². The fourth-order valence-electron chi connectivity index (χ4n) is 10.7. The van der Waals surface area contributed by atoms with E-state index in [1.54, 1.807) is 12.1 Å². The molecule has 1 aliphatic heterocycles. The molecule has 87 heavy (non-hydrogen) atoms. The van der Waals surface area contributed by atoms with Crippen molar-refractivity contribution in [2.24, 2.45) is 0 Å². The van der Waals surface area contributed by atoms with Crippen molar-refractivity contribution in [2.75, 3.05) is 25.5 Å². The van der Waals surface area contributed by atoms with Crippen molar-refractivity contribution in [1.82, 2.24) is 5.32 Å². The summed E-state index contributed by atoms with van der Waals surface area (Å²) < 4.78 is 85.0. The van der Waals surface area contributed by atoms with Crippen LogP contribution in [0.4, 0.5) is 4.79 Å². The Labute approximate surface area is 522 Å². The van der Waals surface area contributed by atoms with Crippen molar-refractivity contribution in [3.05, 3.63) is 108 Å². The first-order valence-electron chi connectivity index (χ1n) is 33.5. The molecule has 3 aromatic rings. The number of hydrogen-bond acceptors (Lipinski definition) is 14. The first-order valence-corrected chi connectivity index (χ1v) is 35.1. The van der Waals surface area contributed by atoms with Gasteiger partial charge in [0, 0.05) is 19.4 Å². The van der Waals surface area contributed by atoms with Crippen LogP contribution >= 0.6 is 0 Å². The lowest BCUT2D eigenvalue weighted by Gasteiger charge is -2.45. The van der Waals surface area contributed by atoms with Crippen LogP contribution in [-0.2, 0) is 82.2 Å². The second-order valence-corrected chi connectivity index (χ2v) is 25.0. The van der Waals surface area contributed by atoms with Crippen LogP contribution in [0.5, 0.6) is 0 Å². The highest BCUT2D eigenvalue weighted by Gasteiger charge is 2.51. The second kappa shape index (κ2) is 48.0. The zero-order chi connectivity index (χ0) is 62.3. The minimum absolute atomic E-state index is 0.00929. The van der Waals surface area contributed by atoms with Crippen LogP contribution in [0.2, 0.25) is 0 Å². The molecule has 4 rings (SSSR count). The van der Waals surface area contributed by atoms with E-state index in [4.69, 9.17) is 37.9 Å². The van der Waals surface area contributed by atoms with Crippen molar-refractivity contribution in [1.29, 1.82) is 0 Å². The Morgan fingerprint density at radius 2 is 0.862 bits per heavy atom. The summed E-state index contributed by atoms with van der Waals surface area (Å²) in [6.07, 6.45) is 26.8. The molecule has 1 fully saturated rings. The second-order valence-electron chi connectivity index (χ2n) is 23.5. The smallest absolute Gasteiger partial charge is 0.407 e. The molecule has 0 radical (unpaired) electrons. The number of alkyl carbamates (subject to hydrolysis) is 1. The Bertz CT molecular complexity index is 2330. The molecule has 3 aromatic carbocycles. The summed E-state index contributed by atoms with van der Waals surface area (Å²) in [6.45, 7) is 3.54. The maximum Gasteiger partial charge on any atom is 0.407 e. The molecule has 0 spiro atoms. The van der Waals surface area contributed by atoms with E-state index in [9.17, 15) is 32.1 Å². The summed E-state index contributed by atoms with van der Waals surface area (Å²) in [7, 11) is -4.82. The summed E-state index contributed by atoms with van der Waals surface area (Å²) >= 11 is 0. The molecule has 2 N–H and O–H groups in total. The Kier molecular flexibility index (Phi) is 41.1. The van der Waals surface area contributed by atoms with Crippen molar-refractivity contribution < 1.29 is 70.0 Å². The van der Waals surface area contributed by atoms with E-state index in [1.807, 2.05) is 78.9 Å². The fourth-order valence-corrected chi connectivity index (χ4v) is 11.4. The van der Waals surface area contributed by atoms with Gasteiger partial charge in [0.25, 0.3) is 10.1 Å². The van der Waals surface area contributed by atoms with Crippen LogP contribution in [0.3, 0.4) is 0 Å². The maximum absolute atomic E-state index is 13.7.